The van der Waals surface area contributed by atoms with Gasteiger partial charge >= 0.3 is 12.1 Å². The highest BCUT2D eigenvalue weighted by Gasteiger charge is 2.41. The van der Waals surface area contributed by atoms with E-state index in [1.807, 2.05) is 0 Å². The molecule has 4 aromatic rings. The van der Waals surface area contributed by atoms with Crippen molar-refractivity contribution in [2.24, 2.45) is 0 Å². The number of phenolic OH excluding ortho intramolecular Hbond substituents is 1. The average molecular weight is 443 g/mol. The first-order valence-electron chi connectivity index (χ1n) is 9.43. The Morgan fingerprint density at radius 1 is 1.12 bits per heavy atom. The Kier molecular flexibility index (Phi) is 5.39. The summed E-state index contributed by atoms with van der Waals surface area (Å²) in [6, 6.07) is 12.4. The molecule has 0 amide bonds. The first-order valence-corrected chi connectivity index (χ1v) is 9.43. The van der Waals surface area contributed by atoms with Crippen LogP contribution >= 0.6 is 0 Å². The quantitative estimate of drug-likeness (QED) is 0.468. The van der Waals surface area contributed by atoms with Crippen molar-refractivity contribution in [1.29, 1.82) is 0 Å². The lowest BCUT2D eigenvalue weighted by Gasteiger charge is -2.12. The molecule has 0 unspecified atom stereocenters. The summed E-state index contributed by atoms with van der Waals surface area (Å²) in [4.78, 5) is 11.9. The van der Waals surface area contributed by atoms with E-state index in [1.54, 1.807) is 30.5 Å². The fourth-order valence-corrected chi connectivity index (χ4v) is 3.11. The largest absolute Gasteiger partial charge is 0.508 e. The van der Waals surface area contributed by atoms with Gasteiger partial charge < -0.3 is 9.84 Å². The smallest absolute Gasteiger partial charge is 0.434 e. The lowest BCUT2D eigenvalue weighted by atomic mass is 10.1. The van der Waals surface area contributed by atoms with Gasteiger partial charge in [-0.1, -0.05) is 17.3 Å². The van der Waals surface area contributed by atoms with Gasteiger partial charge in [0, 0.05) is 5.56 Å². The lowest BCUT2D eigenvalue weighted by Crippen LogP contribution is -2.18. The zero-order valence-corrected chi connectivity index (χ0v) is 16.6. The van der Waals surface area contributed by atoms with Crippen LogP contribution in [0.1, 0.15) is 23.0 Å². The maximum Gasteiger partial charge on any atom is 0.434 e. The van der Waals surface area contributed by atoms with Crippen LogP contribution in [0.2, 0.25) is 0 Å². The molecule has 0 atom stereocenters. The van der Waals surface area contributed by atoms with Gasteiger partial charge in [-0.2, -0.15) is 18.3 Å². The Balaban J connectivity index is 1.66. The number of hydrogen-bond acceptors (Lipinski definition) is 6. The number of phenols is 1. The average Bonchev–Trinajstić information content (AvgIpc) is 3.42. The highest BCUT2D eigenvalue weighted by molar-refractivity contribution is 5.90. The molecule has 32 heavy (non-hydrogen) atoms. The first-order chi connectivity index (χ1) is 15.3. The summed E-state index contributed by atoms with van der Waals surface area (Å²) in [5.74, 6) is -1.01. The molecule has 8 nitrogen and oxygen atoms in total. The highest BCUT2D eigenvalue weighted by Crippen LogP contribution is 2.34. The Morgan fingerprint density at radius 2 is 1.84 bits per heavy atom. The van der Waals surface area contributed by atoms with E-state index in [1.165, 1.54) is 35.9 Å². The van der Waals surface area contributed by atoms with E-state index < -0.39 is 23.4 Å². The van der Waals surface area contributed by atoms with Gasteiger partial charge in [-0.15, -0.1) is 5.10 Å². The number of halogens is 3. The van der Waals surface area contributed by atoms with Crippen molar-refractivity contribution in [3.8, 4) is 28.4 Å². The molecular weight excluding hydrogens is 427 g/mol. The maximum absolute atomic E-state index is 13.7. The molecule has 4 rings (SSSR count). The van der Waals surface area contributed by atoms with Crippen LogP contribution in [0.4, 0.5) is 13.2 Å². The fraction of sp³-hybridized carbons (Fsp3) is 0.143. The van der Waals surface area contributed by atoms with Crippen molar-refractivity contribution >= 4 is 5.97 Å². The van der Waals surface area contributed by atoms with Gasteiger partial charge in [-0.05, 0) is 43.3 Å². The van der Waals surface area contributed by atoms with Gasteiger partial charge in [0.05, 0.1) is 30.4 Å². The van der Waals surface area contributed by atoms with Gasteiger partial charge in [0.25, 0.3) is 0 Å². The van der Waals surface area contributed by atoms with Crippen molar-refractivity contribution in [2.75, 3.05) is 6.61 Å². The van der Waals surface area contributed by atoms with E-state index >= 15 is 0 Å². The molecule has 2 aromatic carbocycles. The van der Waals surface area contributed by atoms with E-state index in [-0.39, 0.29) is 18.0 Å². The minimum atomic E-state index is -4.82. The predicted octanol–water partition coefficient (Wildman–Crippen LogP) is 4.02. The molecule has 0 spiro atoms. The molecule has 164 valence electrons. The number of benzene rings is 2. The summed E-state index contributed by atoms with van der Waals surface area (Å²) >= 11 is 0. The summed E-state index contributed by atoms with van der Waals surface area (Å²) in [6.07, 6.45) is -2.36. The van der Waals surface area contributed by atoms with E-state index in [9.17, 15) is 23.1 Å². The topological polar surface area (TPSA) is 95.1 Å². The standard InChI is InChI=1S/C21H16F3N5O3/c1-2-32-20(31)17-11-25-29(19(17)21(22,23)24)15-8-6-14(7-9-15)28-12-18(26-27-28)13-4-3-5-16(30)10-13/h3-12,30H,2H2,1H3. The molecule has 0 radical (unpaired) electrons. The second kappa shape index (κ2) is 8.17. The number of carbonyl (C=O) groups is 1. The molecule has 0 saturated carbocycles. The van der Waals surface area contributed by atoms with E-state index in [2.05, 4.69) is 15.4 Å². The van der Waals surface area contributed by atoms with Gasteiger partial charge in [0.2, 0.25) is 0 Å². The molecule has 0 aliphatic rings. The number of carbonyl (C=O) groups excluding carboxylic acids is 1. The normalized spacial score (nSPS) is 11.5. The number of rotatable bonds is 5. The number of hydrogen-bond donors (Lipinski definition) is 1. The van der Waals surface area contributed by atoms with Crippen molar-refractivity contribution < 1.29 is 27.8 Å². The Morgan fingerprint density at radius 3 is 2.50 bits per heavy atom. The van der Waals surface area contributed by atoms with E-state index in [0.717, 1.165) is 6.20 Å². The van der Waals surface area contributed by atoms with Gasteiger partial charge in [-0.3, -0.25) is 0 Å². The number of esters is 1. The minimum absolute atomic E-state index is 0.0570. The van der Waals surface area contributed by atoms with Crippen LogP contribution in [-0.4, -0.2) is 42.5 Å². The van der Waals surface area contributed by atoms with Crippen LogP contribution < -0.4 is 0 Å². The zero-order valence-electron chi connectivity index (χ0n) is 16.6. The molecule has 11 heteroatoms. The molecule has 2 aromatic heterocycles. The van der Waals surface area contributed by atoms with Gasteiger partial charge in [0.15, 0.2) is 5.69 Å². The van der Waals surface area contributed by atoms with Crippen LogP contribution in [-0.2, 0) is 10.9 Å². The molecule has 1 N–H and O–H groups in total. The summed E-state index contributed by atoms with van der Waals surface area (Å²) in [5.41, 5.74) is -0.0590. The van der Waals surface area contributed by atoms with E-state index in [4.69, 9.17) is 4.74 Å². The Labute approximate surface area is 179 Å². The maximum atomic E-state index is 13.7. The van der Waals surface area contributed by atoms with Crippen LogP contribution in [0.25, 0.3) is 22.6 Å². The predicted molar refractivity (Wildman–Crippen MR) is 107 cm³/mol. The summed E-state index contributed by atoms with van der Waals surface area (Å²) in [6.45, 7) is 1.45. The molecule has 0 fully saturated rings. The monoisotopic (exact) mass is 443 g/mol. The molecule has 2 heterocycles. The number of nitrogens with zero attached hydrogens (tertiary/aromatic N) is 5. The molecule has 0 saturated heterocycles. The Bertz CT molecular complexity index is 1260. The fourth-order valence-electron chi connectivity index (χ4n) is 3.11. The van der Waals surface area contributed by atoms with Gasteiger partial charge in [-0.25, -0.2) is 14.2 Å². The zero-order chi connectivity index (χ0) is 22.9. The second-order valence-corrected chi connectivity index (χ2v) is 6.65. The lowest BCUT2D eigenvalue weighted by molar-refractivity contribution is -0.143. The van der Waals surface area contributed by atoms with Gasteiger partial charge in [0.1, 0.15) is 17.0 Å². The second-order valence-electron chi connectivity index (χ2n) is 6.65. The van der Waals surface area contributed by atoms with Crippen molar-refractivity contribution in [2.45, 2.75) is 13.1 Å². The molecule has 0 bridgehead atoms. The van der Waals surface area contributed by atoms with Crippen molar-refractivity contribution in [3.05, 3.63) is 72.2 Å². The number of alkyl halides is 3. The van der Waals surface area contributed by atoms with Crippen LogP contribution in [0.3, 0.4) is 0 Å². The van der Waals surface area contributed by atoms with Crippen LogP contribution in [0, 0.1) is 0 Å². The first kappa shape index (κ1) is 21.1. The third-order valence-electron chi connectivity index (χ3n) is 4.53. The minimum Gasteiger partial charge on any atom is -0.508 e. The molecule has 0 aliphatic heterocycles. The number of ether oxygens (including phenoxy) is 1. The van der Waals surface area contributed by atoms with Crippen molar-refractivity contribution in [3.63, 3.8) is 0 Å². The van der Waals surface area contributed by atoms with Crippen molar-refractivity contribution in [1.82, 2.24) is 24.8 Å². The van der Waals surface area contributed by atoms with Crippen LogP contribution in [0.15, 0.2) is 60.9 Å². The third kappa shape index (κ3) is 4.04. The summed E-state index contributed by atoms with van der Waals surface area (Å²) in [5, 5.41) is 21.4. The Hall–Kier alpha value is -4.15. The summed E-state index contributed by atoms with van der Waals surface area (Å²) in [7, 11) is 0. The van der Waals surface area contributed by atoms with E-state index in [0.29, 0.717) is 21.6 Å². The highest BCUT2D eigenvalue weighted by atomic mass is 19.4. The number of aromatic hydroxyl groups is 1. The SMILES string of the molecule is CCOC(=O)c1cnn(-c2ccc(-n3cc(-c4cccc(O)c4)nn3)cc2)c1C(F)(F)F. The van der Waals surface area contributed by atoms with Crippen LogP contribution in [0.5, 0.6) is 5.75 Å². The third-order valence-corrected chi connectivity index (χ3v) is 4.53. The summed E-state index contributed by atoms with van der Waals surface area (Å²) < 4.78 is 47.8. The molecule has 0 aliphatic carbocycles. The molecular formula is C21H16F3N5O3. The number of aromatic nitrogens is 5.